The van der Waals surface area contributed by atoms with Gasteiger partial charge in [0.1, 0.15) is 5.82 Å². The molecule has 0 aliphatic carbocycles. The van der Waals surface area contributed by atoms with Gasteiger partial charge >= 0.3 is 0 Å². The predicted octanol–water partition coefficient (Wildman–Crippen LogP) is 3.50. The standard InChI is InChI=1S/C17H23N3O/c1-13(2)21-17-15(18)10-11-16(20-17)19-12-6-9-14-7-4-3-5-8-14/h3-5,7-8,10-11,13H,6,9,12,18H2,1-2H3,(H,19,20). The third-order valence-electron chi connectivity index (χ3n) is 3.03. The van der Waals surface area contributed by atoms with Gasteiger partial charge in [-0.05, 0) is 44.4 Å². The van der Waals surface area contributed by atoms with Crippen LogP contribution in [0.2, 0.25) is 0 Å². The second-order valence-corrected chi connectivity index (χ2v) is 5.27. The molecular formula is C17H23N3O. The highest BCUT2D eigenvalue weighted by molar-refractivity contribution is 5.53. The quantitative estimate of drug-likeness (QED) is 0.764. The van der Waals surface area contributed by atoms with Crippen molar-refractivity contribution in [3.63, 3.8) is 0 Å². The van der Waals surface area contributed by atoms with Crippen molar-refractivity contribution in [3.05, 3.63) is 48.0 Å². The zero-order valence-electron chi connectivity index (χ0n) is 12.7. The summed E-state index contributed by atoms with van der Waals surface area (Å²) in [7, 11) is 0. The smallest absolute Gasteiger partial charge is 0.239 e. The molecule has 0 spiro atoms. The van der Waals surface area contributed by atoms with E-state index in [1.807, 2.05) is 32.0 Å². The molecule has 2 rings (SSSR count). The number of ether oxygens (including phenoxy) is 1. The Morgan fingerprint density at radius 3 is 2.62 bits per heavy atom. The van der Waals surface area contributed by atoms with Crippen LogP contribution in [0.3, 0.4) is 0 Å². The van der Waals surface area contributed by atoms with E-state index in [9.17, 15) is 0 Å². The fourth-order valence-electron chi connectivity index (χ4n) is 2.02. The zero-order chi connectivity index (χ0) is 15.1. The number of pyridine rings is 1. The van der Waals surface area contributed by atoms with Crippen LogP contribution in [0.15, 0.2) is 42.5 Å². The lowest BCUT2D eigenvalue weighted by Gasteiger charge is -2.13. The van der Waals surface area contributed by atoms with Crippen LogP contribution >= 0.6 is 0 Å². The van der Waals surface area contributed by atoms with Crippen LogP contribution in [-0.4, -0.2) is 17.6 Å². The van der Waals surface area contributed by atoms with E-state index in [1.54, 1.807) is 0 Å². The Hall–Kier alpha value is -2.23. The highest BCUT2D eigenvalue weighted by atomic mass is 16.5. The molecule has 0 unspecified atom stereocenters. The van der Waals surface area contributed by atoms with Crippen molar-refractivity contribution >= 4 is 11.5 Å². The Kier molecular flexibility index (Phi) is 5.43. The Balaban J connectivity index is 1.83. The van der Waals surface area contributed by atoms with Crippen LogP contribution in [-0.2, 0) is 6.42 Å². The normalized spacial score (nSPS) is 10.6. The van der Waals surface area contributed by atoms with Gasteiger partial charge in [-0.1, -0.05) is 30.3 Å². The minimum absolute atomic E-state index is 0.0631. The number of nitrogens with one attached hydrogen (secondary N) is 1. The summed E-state index contributed by atoms with van der Waals surface area (Å²) in [6, 6.07) is 14.2. The summed E-state index contributed by atoms with van der Waals surface area (Å²) >= 11 is 0. The molecule has 21 heavy (non-hydrogen) atoms. The van der Waals surface area contributed by atoms with Crippen molar-refractivity contribution in [1.82, 2.24) is 4.98 Å². The first-order valence-corrected chi connectivity index (χ1v) is 7.36. The molecule has 1 heterocycles. The van der Waals surface area contributed by atoms with Gasteiger partial charge in [0.2, 0.25) is 5.88 Å². The minimum atomic E-state index is 0.0631. The van der Waals surface area contributed by atoms with E-state index in [4.69, 9.17) is 10.5 Å². The van der Waals surface area contributed by atoms with E-state index in [0.717, 1.165) is 25.2 Å². The summed E-state index contributed by atoms with van der Waals surface area (Å²) in [6.07, 6.45) is 2.17. The highest BCUT2D eigenvalue weighted by Crippen LogP contribution is 2.21. The number of aryl methyl sites for hydroxylation is 1. The molecule has 0 radical (unpaired) electrons. The molecule has 0 aliphatic rings. The number of hydrogen-bond acceptors (Lipinski definition) is 4. The predicted molar refractivity (Wildman–Crippen MR) is 87.7 cm³/mol. The summed E-state index contributed by atoms with van der Waals surface area (Å²) in [5.41, 5.74) is 7.78. The van der Waals surface area contributed by atoms with E-state index in [1.165, 1.54) is 5.56 Å². The molecule has 4 heteroatoms. The molecular weight excluding hydrogens is 262 g/mol. The lowest BCUT2D eigenvalue weighted by atomic mass is 10.1. The monoisotopic (exact) mass is 285 g/mol. The molecule has 0 amide bonds. The van der Waals surface area contributed by atoms with Gasteiger partial charge in [0.05, 0.1) is 11.8 Å². The summed E-state index contributed by atoms with van der Waals surface area (Å²) < 4.78 is 5.59. The zero-order valence-corrected chi connectivity index (χ0v) is 12.7. The molecule has 0 bridgehead atoms. The van der Waals surface area contributed by atoms with Crippen molar-refractivity contribution in [3.8, 4) is 5.88 Å². The molecule has 2 aromatic rings. The van der Waals surface area contributed by atoms with Gasteiger partial charge in [0, 0.05) is 6.54 Å². The van der Waals surface area contributed by atoms with Gasteiger partial charge in [0.15, 0.2) is 0 Å². The van der Waals surface area contributed by atoms with Crippen LogP contribution in [0.5, 0.6) is 5.88 Å². The first-order valence-electron chi connectivity index (χ1n) is 7.36. The largest absolute Gasteiger partial charge is 0.473 e. The van der Waals surface area contributed by atoms with Gasteiger partial charge in [-0.2, -0.15) is 4.98 Å². The molecule has 1 aromatic heterocycles. The van der Waals surface area contributed by atoms with E-state index in [2.05, 4.69) is 34.6 Å². The Morgan fingerprint density at radius 2 is 1.90 bits per heavy atom. The molecule has 1 aromatic carbocycles. The van der Waals surface area contributed by atoms with E-state index in [-0.39, 0.29) is 6.10 Å². The SMILES string of the molecule is CC(C)Oc1nc(NCCCc2ccccc2)ccc1N. The maximum atomic E-state index is 5.85. The minimum Gasteiger partial charge on any atom is -0.473 e. The molecule has 0 saturated heterocycles. The number of hydrogen-bond donors (Lipinski definition) is 2. The maximum absolute atomic E-state index is 5.85. The average Bonchev–Trinajstić information content (AvgIpc) is 2.47. The van der Waals surface area contributed by atoms with E-state index in [0.29, 0.717) is 11.6 Å². The highest BCUT2D eigenvalue weighted by Gasteiger charge is 2.06. The van der Waals surface area contributed by atoms with Gasteiger partial charge in [-0.3, -0.25) is 0 Å². The van der Waals surface area contributed by atoms with Crippen molar-refractivity contribution in [1.29, 1.82) is 0 Å². The van der Waals surface area contributed by atoms with Crippen LogP contribution in [0.1, 0.15) is 25.8 Å². The number of anilines is 2. The third kappa shape index (κ3) is 4.99. The molecule has 3 N–H and O–H groups in total. The second kappa shape index (κ2) is 7.53. The Labute approximate surface area is 126 Å². The van der Waals surface area contributed by atoms with Gasteiger partial charge < -0.3 is 15.8 Å². The lowest BCUT2D eigenvalue weighted by molar-refractivity contribution is 0.234. The van der Waals surface area contributed by atoms with Crippen molar-refractivity contribution in [2.45, 2.75) is 32.8 Å². The Bertz CT molecular complexity index is 555. The molecule has 0 fully saturated rings. The molecule has 0 atom stereocenters. The molecule has 0 saturated carbocycles. The van der Waals surface area contributed by atoms with Crippen LogP contribution in [0, 0.1) is 0 Å². The summed E-state index contributed by atoms with van der Waals surface area (Å²) in [5, 5.41) is 3.31. The number of nitrogens with two attached hydrogens (primary N) is 1. The summed E-state index contributed by atoms with van der Waals surface area (Å²) in [6.45, 7) is 4.79. The fraction of sp³-hybridized carbons (Fsp3) is 0.353. The van der Waals surface area contributed by atoms with Gasteiger partial charge in [0.25, 0.3) is 0 Å². The van der Waals surface area contributed by atoms with Crippen LogP contribution in [0.25, 0.3) is 0 Å². The van der Waals surface area contributed by atoms with Crippen molar-refractivity contribution in [2.24, 2.45) is 0 Å². The molecule has 112 valence electrons. The van der Waals surface area contributed by atoms with Gasteiger partial charge in [-0.25, -0.2) is 0 Å². The molecule has 0 aliphatic heterocycles. The Morgan fingerprint density at radius 1 is 1.14 bits per heavy atom. The fourth-order valence-corrected chi connectivity index (χ4v) is 2.02. The van der Waals surface area contributed by atoms with E-state index < -0.39 is 0 Å². The number of rotatable bonds is 7. The number of benzene rings is 1. The van der Waals surface area contributed by atoms with Crippen LogP contribution in [0.4, 0.5) is 11.5 Å². The summed E-state index contributed by atoms with van der Waals surface area (Å²) in [4.78, 5) is 4.40. The van der Waals surface area contributed by atoms with Crippen molar-refractivity contribution < 1.29 is 4.74 Å². The first-order chi connectivity index (χ1) is 10.1. The number of aromatic nitrogens is 1. The maximum Gasteiger partial charge on any atom is 0.239 e. The summed E-state index contributed by atoms with van der Waals surface area (Å²) in [5.74, 6) is 1.30. The number of nitrogen functional groups attached to an aromatic ring is 1. The van der Waals surface area contributed by atoms with E-state index >= 15 is 0 Å². The first kappa shape index (κ1) is 15.2. The number of nitrogens with zero attached hydrogens (tertiary/aromatic N) is 1. The second-order valence-electron chi connectivity index (χ2n) is 5.27. The van der Waals surface area contributed by atoms with Crippen LogP contribution < -0.4 is 15.8 Å². The van der Waals surface area contributed by atoms with Crippen molar-refractivity contribution in [2.75, 3.05) is 17.6 Å². The lowest BCUT2D eigenvalue weighted by Crippen LogP contribution is -2.11. The average molecular weight is 285 g/mol. The van der Waals surface area contributed by atoms with Gasteiger partial charge in [-0.15, -0.1) is 0 Å². The third-order valence-corrected chi connectivity index (χ3v) is 3.03. The molecule has 4 nitrogen and oxygen atoms in total. The topological polar surface area (TPSA) is 60.2 Å².